The van der Waals surface area contributed by atoms with Crippen molar-refractivity contribution in [2.24, 2.45) is 0 Å². The van der Waals surface area contributed by atoms with E-state index in [2.05, 4.69) is 10.2 Å². The number of hydrogen-bond donors (Lipinski definition) is 1. The molecule has 1 aromatic rings. The van der Waals surface area contributed by atoms with E-state index in [1.165, 1.54) is 18.9 Å². The highest BCUT2D eigenvalue weighted by Crippen LogP contribution is 2.32. The van der Waals surface area contributed by atoms with E-state index < -0.39 is 0 Å². The summed E-state index contributed by atoms with van der Waals surface area (Å²) in [5, 5.41) is 3.71. The highest BCUT2D eigenvalue weighted by molar-refractivity contribution is 6.33. The second-order valence-electron chi connectivity index (χ2n) is 4.95. The molecule has 17 heavy (non-hydrogen) atoms. The first kappa shape index (κ1) is 11.3. The molecule has 3 rings (SSSR count). The molecule has 1 aromatic carbocycles. The molecule has 1 heterocycles. The highest BCUT2D eigenvalue weighted by Gasteiger charge is 2.34. The van der Waals surface area contributed by atoms with Crippen molar-refractivity contribution in [2.75, 3.05) is 18.4 Å². The molecule has 0 bridgehead atoms. The molecule has 1 unspecified atom stereocenters. The zero-order chi connectivity index (χ0) is 11.8. The molecule has 1 N–H and O–H groups in total. The van der Waals surface area contributed by atoms with Crippen LogP contribution in [0.4, 0.5) is 10.1 Å². The minimum absolute atomic E-state index is 0.262. The van der Waals surface area contributed by atoms with Crippen molar-refractivity contribution in [3.8, 4) is 0 Å². The summed E-state index contributed by atoms with van der Waals surface area (Å²) < 4.78 is 13.6. The van der Waals surface area contributed by atoms with Crippen molar-refractivity contribution >= 4 is 17.3 Å². The smallest absolute Gasteiger partial charge is 0.147 e. The summed E-state index contributed by atoms with van der Waals surface area (Å²) in [6.45, 7) is 2.13. The van der Waals surface area contributed by atoms with Crippen molar-refractivity contribution in [2.45, 2.75) is 31.3 Å². The van der Waals surface area contributed by atoms with Gasteiger partial charge in [0, 0.05) is 25.2 Å². The van der Waals surface area contributed by atoms with Gasteiger partial charge in [0.15, 0.2) is 0 Å². The van der Waals surface area contributed by atoms with Crippen molar-refractivity contribution in [3.05, 3.63) is 29.0 Å². The van der Waals surface area contributed by atoms with Gasteiger partial charge in [0.1, 0.15) is 5.82 Å². The van der Waals surface area contributed by atoms with Gasteiger partial charge in [-0.25, -0.2) is 4.39 Å². The third-order valence-corrected chi connectivity index (χ3v) is 3.91. The Morgan fingerprint density at radius 1 is 1.29 bits per heavy atom. The van der Waals surface area contributed by atoms with Crippen LogP contribution in [0.25, 0.3) is 0 Å². The quantitative estimate of drug-likeness (QED) is 0.892. The maximum Gasteiger partial charge on any atom is 0.147 e. The Hall–Kier alpha value is -0.800. The molecule has 1 saturated heterocycles. The van der Waals surface area contributed by atoms with Crippen LogP contribution in [0.1, 0.15) is 19.3 Å². The van der Waals surface area contributed by atoms with Crippen LogP contribution in [-0.4, -0.2) is 30.1 Å². The van der Waals surface area contributed by atoms with Crippen LogP contribution < -0.4 is 5.32 Å². The summed E-state index contributed by atoms with van der Waals surface area (Å²) in [5.74, 6) is -0.262. The molecule has 0 aromatic heterocycles. The van der Waals surface area contributed by atoms with E-state index in [1.807, 2.05) is 0 Å². The van der Waals surface area contributed by atoms with E-state index in [4.69, 9.17) is 11.6 Å². The van der Waals surface area contributed by atoms with E-state index in [0.29, 0.717) is 16.8 Å². The lowest BCUT2D eigenvalue weighted by molar-refractivity contribution is 0.326. The van der Waals surface area contributed by atoms with Crippen molar-refractivity contribution in [3.63, 3.8) is 0 Å². The topological polar surface area (TPSA) is 15.3 Å². The summed E-state index contributed by atoms with van der Waals surface area (Å²) in [6.07, 6.45) is 3.72. The number of anilines is 1. The Labute approximate surface area is 106 Å². The first-order valence-electron chi connectivity index (χ1n) is 6.18. The molecule has 2 aliphatic rings. The van der Waals surface area contributed by atoms with Crippen molar-refractivity contribution < 1.29 is 4.39 Å². The Morgan fingerprint density at radius 3 is 2.82 bits per heavy atom. The minimum Gasteiger partial charge on any atom is -0.377 e. The Balaban J connectivity index is 1.67. The lowest BCUT2D eigenvalue weighted by Gasteiger charge is -2.17. The Bertz CT molecular complexity index is 400. The van der Waals surface area contributed by atoms with Crippen LogP contribution in [0.5, 0.6) is 0 Å². The first-order valence-corrected chi connectivity index (χ1v) is 6.56. The van der Waals surface area contributed by atoms with Gasteiger partial charge in [-0.05, 0) is 31.4 Å². The molecule has 1 aliphatic carbocycles. The van der Waals surface area contributed by atoms with Gasteiger partial charge >= 0.3 is 0 Å². The molecule has 2 nitrogen and oxygen atoms in total. The van der Waals surface area contributed by atoms with Crippen LogP contribution in [0, 0.1) is 5.82 Å². The molecule has 1 saturated carbocycles. The number of benzene rings is 1. The summed E-state index contributed by atoms with van der Waals surface area (Å²) in [5.41, 5.74) is 0.455. The molecular formula is C13H16ClFN2. The number of halogens is 2. The Morgan fingerprint density at radius 2 is 2.12 bits per heavy atom. The monoisotopic (exact) mass is 254 g/mol. The Kier molecular flexibility index (Phi) is 2.97. The first-order chi connectivity index (χ1) is 8.24. The fourth-order valence-electron chi connectivity index (χ4n) is 2.52. The number of nitrogens with one attached hydrogen (secondary N) is 1. The second-order valence-corrected chi connectivity index (χ2v) is 5.36. The number of hydrogen-bond acceptors (Lipinski definition) is 2. The largest absolute Gasteiger partial charge is 0.377 e. The number of nitrogens with zero attached hydrogens (tertiary/aromatic N) is 1. The zero-order valence-electron chi connectivity index (χ0n) is 9.63. The van der Waals surface area contributed by atoms with Crippen LogP contribution in [0.2, 0.25) is 5.02 Å². The van der Waals surface area contributed by atoms with Crippen LogP contribution in [-0.2, 0) is 0 Å². The molecule has 92 valence electrons. The van der Waals surface area contributed by atoms with Crippen molar-refractivity contribution in [1.82, 2.24) is 4.90 Å². The van der Waals surface area contributed by atoms with E-state index in [-0.39, 0.29) is 5.82 Å². The maximum absolute atomic E-state index is 13.6. The number of likely N-dealkylation sites (tertiary alicyclic amines) is 1. The summed E-state index contributed by atoms with van der Waals surface area (Å²) in [7, 11) is 0. The molecule has 0 radical (unpaired) electrons. The molecule has 0 amide bonds. The van der Waals surface area contributed by atoms with Gasteiger partial charge < -0.3 is 5.32 Å². The average molecular weight is 255 g/mol. The van der Waals surface area contributed by atoms with Gasteiger partial charge in [0.25, 0.3) is 0 Å². The fourth-order valence-corrected chi connectivity index (χ4v) is 2.73. The van der Waals surface area contributed by atoms with E-state index >= 15 is 0 Å². The SMILES string of the molecule is Fc1cccc(Cl)c1NC1CCN(C2CC2)C1. The van der Waals surface area contributed by atoms with Gasteiger partial charge in [0.2, 0.25) is 0 Å². The maximum atomic E-state index is 13.6. The van der Waals surface area contributed by atoms with Crippen molar-refractivity contribution in [1.29, 1.82) is 0 Å². The van der Waals surface area contributed by atoms with Gasteiger partial charge in [-0.2, -0.15) is 0 Å². The predicted octanol–water partition coefficient (Wildman–Crippen LogP) is 3.13. The second kappa shape index (κ2) is 4.46. The van der Waals surface area contributed by atoms with Crippen LogP contribution >= 0.6 is 11.6 Å². The van der Waals surface area contributed by atoms with Gasteiger partial charge in [-0.3, -0.25) is 4.90 Å². The summed E-state index contributed by atoms with van der Waals surface area (Å²) >= 11 is 6.00. The molecule has 2 fully saturated rings. The summed E-state index contributed by atoms with van der Waals surface area (Å²) in [6, 6.07) is 5.92. The standard InChI is InChI=1S/C13H16ClFN2/c14-11-2-1-3-12(15)13(11)16-9-6-7-17(8-9)10-4-5-10/h1-3,9-10,16H,4-8H2. The highest BCUT2D eigenvalue weighted by atomic mass is 35.5. The fraction of sp³-hybridized carbons (Fsp3) is 0.538. The lowest BCUT2D eigenvalue weighted by Crippen LogP contribution is -2.28. The molecule has 0 spiro atoms. The van der Waals surface area contributed by atoms with E-state index in [9.17, 15) is 4.39 Å². The van der Waals surface area contributed by atoms with E-state index in [0.717, 1.165) is 25.6 Å². The number of para-hydroxylation sites is 1. The van der Waals surface area contributed by atoms with Gasteiger partial charge in [0.05, 0.1) is 10.7 Å². The predicted molar refractivity (Wildman–Crippen MR) is 68.0 cm³/mol. The molecule has 1 atom stereocenters. The third kappa shape index (κ3) is 2.40. The van der Waals surface area contributed by atoms with Crippen LogP contribution in [0.15, 0.2) is 18.2 Å². The van der Waals surface area contributed by atoms with E-state index in [1.54, 1.807) is 12.1 Å². The third-order valence-electron chi connectivity index (χ3n) is 3.59. The minimum atomic E-state index is -0.262. The molecule has 1 aliphatic heterocycles. The lowest BCUT2D eigenvalue weighted by atomic mass is 10.2. The van der Waals surface area contributed by atoms with Gasteiger partial charge in [-0.1, -0.05) is 17.7 Å². The molecular weight excluding hydrogens is 239 g/mol. The normalized spacial score (nSPS) is 25.2. The molecule has 4 heteroatoms. The van der Waals surface area contributed by atoms with Gasteiger partial charge in [-0.15, -0.1) is 0 Å². The summed E-state index contributed by atoms with van der Waals surface area (Å²) in [4.78, 5) is 2.49. The number of rotatable bonds is 3. The average Bonchev–Trinajstić information content (AvgIpc) is 3.05. The van der Waals surface area contributed by atoms with Crippen LogP contribution in [0.3, 0.4) is 0 Å². The zero-order valence-corrected chi connectivity index (χ0v) is 10.4.